The van der Waals surface area contributed by atoms with Crippen LogP contribution in [0.4, 0.5) is 0 Å². The van der Waals surface area contributed by atoms with Crippen LogP contribution < -0.4 is 29.6 Å². The molecule has 1 rings (SSSR count). The maximum atomic E-state index is 10.6. The Labute approximate surface area is 94.7 Å². The van der Waals surface area contributed by atoms with Gasteiger partial charge in [0, 0.05) is 6.42 Å². The van der Waals surface area contributed by atoms with Gasteiger partial charge in [-0.05, 0) is 6.42 Å². The van der Waals surface area contributed by atoms with Crippen LogP contribution in [-0.2, 0) is 14.9 Å². The molecular weight excluding hydrogens is 191 g/mol. The molecule has 0 aromatic carbocycles. The Bertz CT molecular complexity index is 232. The molecule has 0 aliphatic carbocycles. The molecule has 0 saturated carbocycles. The summed E-state index contributed by atoms with van der Waals surface area (Å²) in [5.74, 6) is 0. The quantitative estimate of drug-likeness (QED) is 0.373. The van der Waals surface area contributed by atoms with E-state index in [1.165, 1.54) is 0 Å². The predicted octanol–water partition coefficient (Wildman–Crippen LogP) is -2.55. The topological polar surface area (TPSA) is 66.4 Å². The first kappa shape index (κ1) is 12.9. The molecular formula is C6H11NaO4S. The third kappa shape index (κ3) is 2.21. The zero-order chi connectivity index (χ0) is 8.54. The van der Waals surface area contributed by atoms with Crippen molar-refractivity contribution in [2.45, 2.75) is 31.1 Å². The predicted molar refractivity (Wildman–Crippen MR) is 37.9 cm³/mol. The third-order valence-electron chi connectivity index (χ3n) is 1.93. The first-order valence-electron chi connectivity index (χ1n) is 3.61. The van der Waals surface area contributed by atoms with Crippen molar-refractivity contribution in [3.05, 3.63) is 0 Å². The van der Waals surface area contributed by atoms with Gasteiger partial charge in [0.2, 0.25) is 0 Å². The second-order valence-electron chi connectivity index (χ2n) is 2.71. The van der Waals surface area contributed by atoms with E-state index in [0.29, 0.717) is 25.9 Å². The minimum absolute atomic E-state index is 0. The summed E-state index contributed by atoms with van der Waals surface area (Å²) < 4.78 is 36.8. The van der Waals surface area contributed by atoms with Crippen LogP contribution in [0.15, 0.2) is 0 Å². The van der Waals surface area contributed by atoms with Crippen LogP contribution in [0.1, 0.15) is 26.2 Å². The van der Waals surface area contributed by atoms with Crippen LogP contribution in [0.25, 0.3) is 0 Å². The molecule has 1 saturated heterocycles. The number of ether oxygens (including phenoxy) is 1. The second kappa shape index (κ2) is 4.39. The molecule has 0 radical (unpaired) electrons. The van der Waals surface area contributed by atoms with Gasteiger partial charge in [-0.15, -0.1) is 0 Å². The molecule has 0 bridgehead atoms. The summed E-state index contributed by atoms with van der Waals surface area (Å²) >= 11 is 0. The van der Waals surface area contributed by atoms with Crippen LogP contribution in [0.3, 0.4) is 0 Å². The van der Waals surface area contributed by atoms with Crippen LogP contribution in [-0.4, -0.2) is 24.5 Å². The van der Waals surface area contributed by atoms with E-state index in [-0.39, 0.29) is 29.6 Å². The normalized spacial score (nSPS) is 28.8. The van der Waals surface area contributed by atoms with Gasteiger partial charge in [-0.3, -0.25) is 0 Å². The first-order chi connectivity index (χ1) is 5.02. The number of hydrogen-bond donors (Lipinski definition) is 0. The van der Waals surface area contributed by atoms with Gasteiger partial charge in [0.1, 0.15) is 10.1 Å². The average molecular weight is 202 g/mol. The summed E-state index contributed by atoms with van der Waals surface area (Å²) in [6.45, 7) is 2.22. The fourth-order valence-electron chi connectivity index (χ4n) is 1.23. The zero-order valence-electron chi connectivity index (χ0n) is 7.37. The summed E-state index contributed by atoms with van der Waals surface area (Å²) in [7, 11) is -4.26. The molecule has 1 aliphatic rings. The van der Waals surface area contributed by atoms with Gasteiger partial charge in [0.05, 0.1) is 6.61 Å². The molecule has 0 aromatic rings. The third-order valence-corrected chi connectivity index (χ3v) is 3.37. The molecule has 1 unspecified atom stereocenters. The van der Waals surface area contributed by atoms with Gasteiger partial charge < -0.3 is 9.29 Å². The minimum atomic E-state index is -4.26. The van der Waals surface area contributed by atoms with Crippen molar-refractivity contribution in [2.24, 2.45) is 0 Å². The van der Waals surface area contributed by atoms with Gasteiger partial charge in [0.25, 0.3) is 0 Å². The molecule has 12 heavy (non-hydrogen) atoms. The monoisotopic (exact) mass is 202 g/mol. The Morgan fingerprint density at radius 2 is 2.08 bits per heavy atom. The number of hydrogen-bond acceptors (Lipinski definition) is 4. The summed E-state index contributed by atoms with van der Waals surface area (Å²) in [6, 6.07) is 0. The van der Waals surface area contributed by atoms with Crippen LogP contribution in [0.2, 0.25) is 0 Å². The van der Waals surface area contributed by atoms with E-state index in [1.54, 1.807) is 0 Å². The molecule has 0 spiro atoms. The van der Waals surface area contributed by atoms with Gasteiger partial charge in [-0.25, -0.2) is 8.42 Å². The van der Waals surface area contributed by atoms with E-state index in [9.17, 15) is 13.0 Å². The van der Waals surface area contributed by atoms with Crippen molar-refractivity contribution < 1.29 is 47.3 Å². The molecule has 1 fully saturated rings. The van der Waals surface area contributed by atoms with E-state index in [2.05, 4.69) is 0 Å². The standard InChI is InChI=1S/C6H12O4S.Na/c1-2-3-6(4-5-10-6)11(7,8)9;/h2-5H2,1H3,(H,7,8,9);/q;+1/p-1. The Morgan fingerprint density at radius 1 is 1.58 bits per heavy atom. The van der Waals surface area contributed by atoms with Crippen molar-refractivity contribution in [3.63, 3.8) is 0 Å². The summed E-state index contributed by atoms with van der Waals surface area (Å²) in [5.41, 5.74) is 0. The SMILES string of the molecule is CCCC1(S(=O)(=O)[O-])CCO1.[Na+]. The van der Waals surface area contributed by atoms with E-state index >= 15 is 0 Å². The van der Waals surface area contributed by atoms with E-state index < -0.39 is 15.1 Å². The van der Waals surface area contributed by atoms with Crippen molar-refractivity contribution in [1.29, 1.82) is 0 Å². The average Bonchev–Trinajstić information content (AvgIpc) is 1.75. The Hall–Kier alpha value is 0.870. The molecule has 0 N–H and O–H groups in total. The van der Waals surface area contributed by atoms with Gasteiger partial charge in [-0.1, -0.05) is 13.3 Å². The van der Waals surface area contributed by atoms with Crippen LogP contribution >= 0.6 is 0 Å². The van der Waals surface area contributed by atoms with E-state index in [1.807, 2.05) is 6.92 Å². The molecule has 1 atom stereocenters. The maximum absolute atomic E-state index is 10.6. The Kier molecular flexibility index (Phi) is 4.71. The minimum Gasteiger partial charge on any atom is -0.746 e. The van der Waals surface area contributed by atoms with Crippen molar-refractivity contribution >= 4 is 10.1 Å². The van der Waals surface area contributed by atoms with E-state index in [0.717, 1.165) is 0 Å². The fraction of sp³-hybridized carbons (Fsp3) is 1.00. The maximum Gasteiger partial charge on any atom is 1.00 e. The van der Waals surface area contributed by atoms with E-state index in [4.69, 9.17) is 4.74 Å². The van der Waals surface area contributed by atoms with Gasteiger partial charge in [-0.2, -0.15) is 0 Å². The van der Waals surface area contributed by atoms with Crippen molar-refractivity contribution in [3.8, 4) is 0 Å². The molecule has 66 valence electrons. The van der Waals surface area contributed by atoms with Gasteiger partial charge >= 0.3 is 29.6 Å². The summed E-state index contributed by atoms with van der Waals surface area (Å²) in [4.78, 5) is -1.37. The Morgan fingerprint density at radius 3 is 2.17 bits per heavy atom. The summed E-state index contributed by atoms with van der Waals surface area (Å²) in [5, 5.41) is 0. The van der Waals surface area contributed by atoms with Crippen molar-refractivity contribution in [1.82, 2.24) is 0 Å². The zero-order valence-corrected chi connectivity index (χ0v) is 10.2. The first-order valence-corrected chi connectivity index (χ1v) is 5.02. The number of rotatable bonds is 3. The smallest absolute Gasteiger partial charge is 0.746 e. The summed E-state index contributed by atoms with van der Waals surface area (Å²) in [6.07, 6.45) is 1.33. The molecule has 6 heteroatoms. The fourth-order valence-corrected chi connectivity index (χ4v) is 2.25. The van der Waals surface area contributed by atoms with Crippen LogP contribution in [0, 0.1) is 0 Å². The van der Waals surface area contributed by atoms with Crippen LogP contribution in [0.5, 0.6) is 0 Å². The molecule has 1 aliphatic heterocycles. The second-order valence-corrected chi connectivity index (χ2v) is 4.37. The molecule has 4 nitrogen and oxygen atoms in total. The molecule has 0 amide bonds. The molecule has 1 heterocycles. The molecule has 0 aromatic heterocycles. The van der Waals surface area contributed by atoms with Gasteiger partial charge in [0.15, 0.2) is 4.93 Å². The Balaban J connectivity index is 0.00000121. The van der Waals surface area contributed by atoms with Crippen molar-refractivity contribution in [2.75, 3.05) is 6.61 Å². The largest absolute Gasteiger partial charge is 1.00 e.